The highest BCUT2D eigenvalue weighted by Gasteiger charge is 2.19. The molecule has 0 heterocycles. The van der Waals surface area contributed by atoms with E-state index in [0.29, 0.717) is 5.56 Å². The van der Waals surface area contributed by atoms with Crippen LogP contribution in [0.3, 0.4) is 0 Å². The van der Waals surface area contributed by atoms with Crippen molar-refractivity contribution in [1.29, 1.82) is 0 Å². The molecule has 0 fully saturated rings. The fourth-order valence-corrected chi connectivity index (χ4v) is 2.20. The van der Waals surface area contributed by atoms with Gasteiger partial charge in [-0.25, -0.2) is 0 Å². The number of amides is 1. The summed E-state index contributed by atoms with van der Waals surface area (Å²) in [4.78, 5) is 24.8. The van der Waals surface area contributed by atoms with Crippen LogP contribution in [0.25, 0.3) is 0 Å². The Labute approximate surface area is 101 Å². The molecule has 3 heteroatoms. The van der Waals surface area contributed by atoms with Gasteiger partial charge in [-0.05, 0) is 42.9 Å². The van der Waals surface area contributed by atoms with Crippen molar-refractivity contribution in [3.8, 4) is 0 Å². The number of likely N-dealkylation sites (N-methyl/N-ethyl adjacent to an activating group) is 1. The second-order valence-corrected chi connectivity index (χ2v) is 4.72. The van der Waals surface area contributed by atoms with Crippen molar-refractivity contribution < 1.29 is 9.59 Å². The molecule has 1 aromatic rings. The van der Waals surface area contributed by atoms with Crippen LogP contribution in [-0.4, -0.2) is 30.7 Å². The van der Waals surface area contributed by atoms with Gasteiger partial charge in [0.1, 0.15) is 0 Å². The van der Waals surface area contributed by atoms with E-state index in [0.717, 1.165) is 12.8 Å². The van der Waals surface area contributed by atoms with Gasteiger partial charge in [-0.3, -0.25) is 9.59 Å². The summed E-state index contributed by atoms with van der Waals surface area (Å²) in [6.07, 6.45) is 4.50. The summed E-state index contributed by atoms with van der Waals surface area (Å²) in [6, 6.07) is 5.65. The van der Waals surface area contributed by atoms with Crippen LogP contribution < -0.4 is 0 Å². The van der Waals surface area contributed by atoms with E-state index in [-0.39, 0.29) is 0 Å². The lowest BCUT2D eigenvalue weighted by molar-refractivity contribution is -0.124. The van der Waals surface area contributed by atoms with E-state index in [1.807, 2.05) is 12.1 Å². The lowest BCUT2D eigenvalue weighted by Crippen LogP contribution is -2.30. The first-order valence-corrected chi connectivity index (χ1v) is 5.97. The summed E-state index contributed by atoms with van der Waals surface area (Å²) >= 11 is 0. The number of aryl methyl sites for hydroxylation is 2. The number of benzene rings is 1. The molecule has 90 valence electrons. The first kappa shape index (κ1) is 11.8. The van der Waals surface area contributed by atoms with Gasteiger partial charge >= 0.3 is 0 Å². The minimum atomic E-state index is -0.458. The van der Waals surface area contributed by atoms with Gasteiger partial charge in [0, 0.05) is 19.7 Å². The number of hydrogen-bond donors (Lipinski definition) is 0. The Kier molecular flexibility index (Phi) is 3.27. The number of carbonyl (C=O) groups is 2. The summed E-state index contributed by atoms with van der Waals surface area (Å²) in [6.45, 7) is 0. The molecule has 0 unspecified atom stereocenters. The summed E-state index contributed by atoms with van der Waals surface area (Å²) in [7, 11) is 3.19. The second kappa shape index (κ2) is 4.70. The van der Waals surface area contributed by atoms with Gasteiger partial charge in [0.15, 0.2) is 0 Å². The third-order valence-electron chi connectivity index (χ3n) is 3.21. The number of Topliss-reactive ketones (excluding diaryl/α,β-unsaturated/α-hetero) is 1. The number of ketones is 1. The molecule has 1 aliphatic carbocycles. The molecule has 1 aliphatic rings. The molecule has 2 rings (SSSR count). The zero-order chi connectivity index (χ0) is 12.4. The SMILES string of the molecule is CN(C)C(=O)C(=O)c1ccc2c(c1)CCCC2. The van der Waals surface area contributed by atoms with Crippen molar-refractivity contribution in [1.82, 2.24) is 4.90 Å². The van der Waals surface area contributed by atoms with Gasteiger partial charge in [-0.1, -0.05) is 12.1 Å². The van der Waals surface area contributed by atoms with Crippen LogP contribution in [0, 0.1) is 0 Å². The van der Waals surface area contributed by atoms with Crippen molar-refractivity contribution in [3.05, 3.63) is 34.9 Å². The van der Waals surface area contributed by atoms with Crippen molar-refractivity contribution in [3.63, 3.8) is 0 Å². The van der Waals surface area contributed by atoms with Gasteiger partial charge in [0.2, 0.25) is 5.78 Å². The highest BCUT2D eigenvalue weighted by molar-refractivity contribution is 6.42. The third-order valence-corrected chi connectivity index (χ3v) is 3.21. The highest BCUT2D eigenvalue weighted by atomic mass is 16.2. The Morgan fingerprint density at radius 2 is 1.71 bits per heavy atom. The maximum atomic E-state index is 11.9. The van der Waals surface area contributed by atoms with Crippen molar-refractivity contribution in [2.75, 3.05) is 14.1 Å². The molecule has 0 spiro atoms. The number of carbonyl (C=O) groups excluding carboxylic acids is 2. The van der Waals surface area contributed by atoms with Crippen LogP contribution in [0.1, 0.15) is 34.3 Å². The topological polar surface area (TPSA) is 37.4 Å². The molecule has 0 aliphatic heterocycles. The standard InChI is InChI=1S/C14H17NO2/c1-15(2)14(17)13(16)12-8-7-10-5-3-4-6-11(10)9-12/h7-9H,3-6H2,1-2H3. The quantitative estimate of drug-likeness (QED) is 0.575. The van der Waals surface area contributed by atoms with E-state index < -0.39 is 11.7 Å². The number of rotatable bonds is 2. The van der Waals surface area contributed by atoms with E-state index in [1.54, 1.807) is 20.2 Å². The van der Waals surface area contributed by atoms with E-state index in [1.165, 1.54) is 28.9 Å². The van der Waals surface area contributed by atoms with E-state index in [9.17, 15) is 9.59 Å². The molecule has 0 radical (unpaired) electrons. The molecule has 17 heavy (non-hydrogen) atoms. The fraction of sp³-hybridized carbons (Fsp3) is 0.429. The molecule has 0 saturated heterocycles. The second-order valence-electron chi connectivity index (χ2n) is 4.72. The summed E-state index contributed by atoms with van der Waals surface area (Å²) in [5, 5.41) is 0. The minimum absolute atomic E-state index is 0.414. The zero-order valence-electron chi connectivity index (χ0n) is 10.3. The summed E-state index contributed by atoms with van der Waals surface area (Å²) < 4.78 is 0. The van der Waals surface area contributed by atoms with Crippen LogP contribution in [0.2, 0.25) is 0 Å². The lowest BCUT2D eigenvalue weighted by atomic mass is 9.89. The smallest absolute Gasteiger partial charge is 0.294 e. The van der Waals surface area contributed by atoms with Gasteiger partial charge in [-0.2, -0.15) is 0 Å². The van der Waals surface area contributed by atoms with Gasteiger partial charge in [0.25, 0.3) is 5.91 Å². The van der Waals surface area contributed by atoms with Crippen molar-refractivity contribution in [2.24, 2.45) is 0 Å². The van der Waals surface area contributed by atoms with E-state index in [4.69, 9.17) is 0 Å². The molecule has 3 nitrogen and oxygen atoms in total. The van der Waals surface area contributed by atoms with Gasteiger partial charge in [-0.15, -0.1) is 0 Å². The molecular weight excluding hydrogens is 214 g/mol. The maximum absolute atomic E-state index is 11.9. The Bertz CT molecular complexity index is 463. The van der Waals surface area contributed by atoms with Crippen molar-refractivity contribution in [2.45, 2.75) is 25.7 Å². The molecular formula is C14H17NO2. The number of hydrogen-bond acceptors (Lipinski definition) is 2. The van der Waals surface area contributed by atoms with Crippen LogP contribution >= 0.6 is 0 Å². The van der Waals surface area contributed by atoms with Crippen LogP contribution in [0.15, 0.2) is 18.2 Å². The first-order chi connectivity index (χ1) is 8.09. The highest BCUT2D eigenvalue weighted by Crippen LogP contribution is 2.22. The van der Waals surface area contributed by atoms with Crippen molar-refractivity contribution >= 4 is 11.7 Å². The molecule has 0 N–H and O–H groups in total. The largest absolute Gasteiger partial charge is 0.342 e. The molecule has 0 saturated carbocycles. The average molecular weight is 231 g/mol. The fourth-order valence-electron chi connectivity index (χ4n) is 2.20. The Hall–Kier alpha value is -1.64. The number of nitrogens with zero attached hydrogens (tertiary/aromatic N) is 1. The first-order valence-electron chi connectivity index (χ1n) is 5.97. The maximum Gasteiger partial charge on any atom is 0.294 e. The van der Waals surface area contributed by atoms with Crippen LogP contribution in [-0.2, 0) is 17.6 Å². The van der Waals surface area contributed by atoms with E-state index >= 15 is 0 Å². The van der Waals surface area contributed by atoms with Crippen LogP contribution in [0.4, 0.5) is 0 Å². The minimum Gasteiger partial charge on any atom is -0.342 e. The van der Waals surface area contributed by atoms with E-state index in [2.05, 4.69) is 0 Å². The molecule has 0 atom stereocenters. The summed E-state index contributed by atoms with van der Waals surface area (Å²) in [5.74, 6) is -0.871. The Morgan fingerprint density at radius 3 is 2.35 bits per heavy atom. The molecule has 0 bridgehead atoms. The monoisotopic (exact) mass is 231 g/mol. The molecule has 0 aromatic heterocycles. The average Bonchev–Trinajstić information content (AvgIpc) is 2.36. The number of fused-ring (bicyclic) bond motifs is 1. The Morgan fingerprint density at radius 1 is 1.06 bits per heavy atom. The zero-order valence-corrected chi connectivity index (χ0v) is 10.3. The third kappa shape index (κ3) is 2.38. The summed E-state index contributed by atoms with van der Waals surface area (Å²) in [5.41, 5.74) is 3.07. The molecule has 1 amide bonds. The van der Waals surface area contributed by atoms with Crippen LogP contribution in [0.5, 0.6) is 0 Å². The van der Waals surface area contributed by atoms with Gasteiger partial charge in [0.05, 0.1) is 0 Å². The molecule has 1 aromatic carbocycles. The Balaban J connectivity index is 2.28. The predicted molar refractivity (Wildman–Crippen MR) is 66.1 cm³/mol. The lowest BCUT2D eigenvalue weighted by Gasteiger charge is -2.16. The predicted octanol–water partition coefficient (Wildman–Crippen LogP) is 1.84. The normalized spacial score (nSPS) is 14.0. The van der Waals surface area contributed by atoms with Gasteiger partial charge < -0.3 is 4.90 Å².